The normalized spacial score (nSPS) is 20.9. The minimum atomic E-state index is -3.65. The van der Waals surface area contributed by atoms with Gasteiger partial charge in [0.2, 0.25) is 10.0 Å². The van der Waals surface area contributed by atoms with Crippen molar-refractivity contribution >= 4 is 43.4 Å². The molecule has 2 aliphatic rings. The van der Waals surface area contributed by atoms with E-state index in [0.717, 1.165) is 21.9 Å². The fraction of sp³-hybridized carbons (Fsp3) is 0.360. The number of benzene rings is 2. The maximum absolute atomic E-state index is 13.2. The topological polar surface area (TPSA) is 109 Å². The van der Waals surface area contributed by atoms with E-state index < -0.39 is 27.8 Å². The van der Waals surface area contributed by atoms with Crippen LogP contribution in [-0.2, 0) is 24.3 Å². The minimum Gasteiger partial charge on any atom is -0.507 e. The SMILES string of the molecule is CN(C)S(=O)(=O)c1ccc(C(O)=C2C(=O)C(=O)N(CC[NH+]3CCOCC3)[C@H]2c2cccc(Br)c2)cc1. The second-order valence-corrected chi connectivity index (χ2v) is 12.0. The van der Waals surface area contributed by atoms with Gasteiger partial charge in [-0.2, -0.15) is 0 Å². The number of nitrogens with zero attached hydrogens (tertiary/aromatic N) is 2. The van der Waals surface area contributed by atoms with Gasteiger partial charge in [-0.3, -0.25) is 9.59 Å². The van der Waals surface area contributed by atoms with Crippen LogP contribution in [0.4, 0.5) is 0 Å². The van der Waals surface area contributed by atoms with Crippen LogP contribution in [0.5, 0.6) is 0 Å². The number of ether oxygens (including phenoxy) is 1. The third kappa shape index (κ3) is 5.25. The Morgan fingerprint density at radius 1 is 1.14 bits per heavy atom. The van der Waals surface area contributed by atoms with Crippen molar-refractivity contribution in [2.45, 2.75) is 10.9 Å². The van der Waals surface area contributed by atoms with Crippen LogP contribution in [-0.4, -0.2) is 87.9 Å². The van der Waals surface area contributed by atoms with E-state index in [4.69, 9.17) is 4.74 Å². The summed E-state index contributed by atoms with van der Waals surface area (Å²) in [5.74, 6) is -1.77. The lowest BCUT2D eigenvalue weighted by Gasteiger charge is -2.29. The Kier molecular flexibility index (Phi) is 7.96. The molecule has 2 fully saturated rings. The van der Waals surface area contributed by atoms with Gasteiger partial charge in [-0.1, -0.05) is 28.1 Å². The predicted molar refractivity (Wildman–Crippen MR) is 137 cm³/mol. The minimum absolute atomic E-state index is 0.0155. The molecule has 9 nitrogen and oxygen atoms in total. The molecule has 0 aromatic heterocycles. The number of quaternary nitrogens is 1. The summed E-state index contributed by atoms with van der Waals surface area (Å²) in [6, 6.07) is 12.1. The molecule has 0 spiro atoms. The number of carbonyl (C=O) groups is 2. The van der Waals surface area contributed by atoms with E-state index in [9.17, 15) is 23.1 Å². The first-order chi connectivity index (χ1) is 17.1. The lowest BCUT2D eigenvalue weighted by Crippen LogP contribution is -3.14. The van der Waals surface area contributed by atoms with E-state index in [-0.39, 0.29) is 21.8 Å². The third-order valence-corrected chi connectivity index (χ3v) is 8.84. The lowest BCUT2D eigenvalue weighted by atomic mass is 9.95. The zero-order chi connectivity index (χ0) is 26.0. The summed E-state index contributed by atoms with van der Waals surface area (Å²) in [7, 11) is -0.790. The zero-order valence-electron chi connectivity index (χ0n) is 20.1. The van der Waals surface area contributed by atoms with Gasteiger partial charge >= 0.3 is 0 Å². The summed E-state index contributed by atoms with van der Waals surface area (Å²) in [5, 5.41) is 11.2. The molecule has 2 heterocycles. The molecule has 4 rings (SSSR count). The van der Waals surface area contributed by atoms with Crippen LogP contribution in [0, 0.1) is 0 Å². The first-order valence-electron chi connectivity index (χ1n) is 11.6. The standard InChI is InChI=1S/C25H28BrN3O6S/c1-27(2)36(33,34)20-8-6-17(7-9-20)23(30)21-22(18-4-3-5-19(26)16-18)29(25(32)24(21)31)11-10-28-12-14-35-15-13-28/h3-9,16,22,30H,10-15H2,1-2H3/p+1/t22-/m0/s1. The van der Waals surface area contributed by atoms with Crippen molar-refractivity contribution in [3.8, 4) is 0 Å². The Morgan fingerprint density at radius 3 is 2.42 bits per heavy atom. The fourth-order valence-electron chi connectivity index (χ4n) is 4.47. The van der Waals surface area contributed by atoms with Crippen molar-refractivity contribution in [1.82, 2.24) is 9.21 Å². The second-order valence-electron chi connectivity index (χ2n) is 8.97. The third-order valence-electron chi connectivity index (χ3n) is 6.52. The van der Waals surface area contributed by atoms with Crippen LogP contribution in [0.2, 0.25) is 0 Å². The molecule has 11 heteroatoms. The molecule has 192 valence electrons. The number of aliphatic hydroxyl groups excluding tert-OH is 1. The highest BCUT2D eigenvalue weighted by molar-refractivity contribution is 9.10. The Labute approximate surface area is 219 Å². The van der Waals surface area contributed by atoms with Crippen molar-refractivity contribution in [3.63, 3.8) is 0 Å². The molecule has 1 atom stereocenters. The number of hydrogen-bond donors (Lipinski definition) is 2. The molecule has 0 radical (unpaired) electrons. The largest absolute Gasteiger partial charge is 0.507 e. The Bertz CT molecular complexity index is 1290. The van der Waals surface area contributed by atoms with Crippen LogP contribution in [0.3, 0.4) is 0 Å². The number of aliphatic hydroxyl groups is 1. The van der Waals surface area contributed by atoms with E-state index in [0.29, 0.717) is 31.9 Å². The van der Waals surface area contributed by atoms with Crippen LogP contribution in [0.25, 0.3) is 5.76 Å². The maximum Gasteiger partial charge on any atom is 0.295 e. The van der Waals surface area contributed by atoms with Crippen LogP contribution < -0.4 is 4.90 Å². The lowest BCUT2D eigenvalue weighted by molar-refractivity contribution is -0.907. The molecule has 2 aromatic carbocycles. The van der Waals surface area contributed by atoms with E-state index in [1.54, 1.807) is 0 Å². The molecule has 0 unspecified atom stereocenters. The van der Waals surface area contributed by atoms with Crippen LogP contribution >= 0.6 is 15.9 Å². The number of hydrogen-bond acceptors (Lipinski definition) is 6. The average molecular weight is 579 g/mol. The molecule has 36 heavy (non-hydrogen) atoms. The Balaban J connectivity index is 1.73. The van der Waals surface area contributed by atoms with Crippen molar-refractivity contribution < 1.29 is 32.8 Å². The van der Waals surface area contributed by atoms with Crippen molar-refractivity contribution in [1.29, 1.82) is 0 Å². The maximum atomic E-state index is 13.2. The highest BCUT2D eigenvalue weighted by Gasteiger charge is 2.46. The Morgan fingerprint density at radius 2 is 1.81 bits per heavy atom. The number of sulfonamides is 1. The summed E-state index contributed by atoms with van der Waals surface area (Å²) >= 11 is 3.46. The van der Waals surface area contributed by atoms with Gasteiger partial charge in [-0.15, -0.1) is 0 Å². The van der Waals surface area contributed by atoms with Gasteiger partial charge in [0.1, 0.15) is 18.8 Å². The van der Waals surface area contributed by atoms with E-state index >= 15 is 0 Å². The monoisotopic (exact) mass is 578 g/mol. The van der Waals surface area contributed by atoms with E-state index in [2.05, 4.69) is 15.9 Å². The first-order valence-corrected chi connectivity index (χ1v) is 13.8. The number of Topliss-reactive ketones (excluding diaryl/α,β-unsaturated/α-hetero) is 1. The Hall–Kier alpha value is -2.57. The molecule has 0 saturated carbocycles. The fourth-order valence-corrected chi connectivity index (χ4v) is 5.79. The number of morpholine rings is 1. The van der Waals surface area contributed by atoms with Gasteiger partial charge in [0.15, 0.2) is 0 Å². The van der Waals surface area contributed by atoms with Crippen molar-refractivity contribution in [3.05, 3.63) is 69.7 Å². The van der Waals surface area contributed by atoms with Gasteiger partial charge < -0.3 is 19.6 Å². The van der Waals surface area contributed by atoms with Crippen molar-refractivity contribution in [2.75, 3.05) is 53.5 Å². The van der Waals surface area contributed by atoms with Gasteiger partial charge in [0, 0.05) is 24.1 Å². The molecule has 2 aliphatic heterocycles. The zero-order valence-corrected chi connectivity index (χ0v) is 22.5. The van der Waals surface area contributed by atoms with Gasteiger partial charge in [-0.25, -0.2) is 12.7 Å². The molecule has 0 bridgehead atoms. The quantitative estimate of drug-likeness (QED) is 0.289. The summed E-state index contributed by atoms with van der Waals surface area (Å²) in [5.41, 5.74) is 0.928. The summed E-state index contributed by atoms with van der Waals surface area (Å²) < 4.78 is 32.1. The van der Waals surface area contributed by atoms with Gasteiger partial charge in [-0.05, 0) is 42.0 Å². The number of rotatable bonds is 7. The molecule has 2 aromatic rings. The second kappa shape index (κ2) is 10.8. The molecule has 2 saturated heterocycles. The highest BCUT2D eigenvalue weighted by atomic mass is 79.9. The summed E-state index contributed by atoms with van der Waals surface area (Å²) in [4.78, 5) is 29.2. The molecular weight excluding hydrogens is 550 g/mol. The van der Waals surface area contributed by atoms with Crippen molar-refractivity contribution in [2.24, 2.45) is 0 Å². The number of halogens is 1. The van der Waals surface area contributed by atoms with Gasteiger partial charge in [0.25, 0.3) is 11.7 Å². The number of carbonyl (C=O) groups excluding carboxylic acids is 2. The molecule has 1 amide bonds. The van der Waals surface area contributed by atoms with Crippen LogP contribution in [0.1, 0.15) is 17.2 Å². The smallest absolute Gasteiger partial charge is 0.295 e. The summed E-state index contributed by atoms with van der Waals surface area (Å²) in [6.07, 6.45) is 0. The molecule has 2 N–H and O–H groups in total. The van der Waals surface area contributed by atoms with E-state index in [1.165, 1.54) is 48.2 Å². The van der Waals surface area contributed by atoms with Gasteiger partial charge in [0.05, 0.1) is 42.8 Å². The number of amides is 1. The summed E-state index contributed by atoms with van der Waals surface area (Å²) in [6.45, 7) is 3.96. The predicted octanol–water partition coefficient (Wildman–Crippen LogP) is 1.04. The molecular formula is C25H29BrN3O6S+. The van der Waals surface area contributed by atoms with Crippen LogP contribution in [0.15, 0.2) is 63.5 Å². The molecule has 0 aliphatic carbocycles. The highest BCUT2D eigenvalue weighted by Crippen LogP contribution is 2.39. The number of nitrogens with one attached hydrogen (secondary N) is 1. The first kappa shape index (κ1) is 26.5. The average Bonchev–Trinajstić information content (AvgIpc) is 3.12. The number of ketones is 1. The number of likely N-dealkylation sites (tertiary alicyclic amines) is 1. The van der Waals surface area contributed by atoms with E-state index in [1.807, 2.05) is 24.3 Å².